The molecule has 92 valence electrons. The highest BCUT2D eigenvalue weighted by molar-refractivity contribution is 6.42. The summed E-state index contributed by atoms with van der Waals surface area (Å²) in [5.41, 5.74) is 0.577. The van der Waals surface area contributed by atoms with Crippen molar-refractivity contribution in [3.05, 3.63) is 33.8 Å². The van der Waals surface area contributed by atoms with Crippen molar-refractivity contribution in [1.29, 1.82) is 0 Å². The van der Waals surface area contributed by atoms with Crippen molar-refractivity contribution < 1.29 is 9.53 Å². The summed E-state index contributed by atoms with van der Waals surface area (Å²) < 4.78 is 5.21. The van der Waals surface area contributed by atoms with E-state index in [1.807, 2.05) is 0 Å². The topological polar surface area (TPSA) is 38.3 Å². The average Bonchev–Trinajstić information content (AvgIpc) is 2.80. The summed E-state index contributed by atoms with van der Waals surface area (Å²) >= 11 is 11.7. The number of hydrogen-bond donors (Lipinski definition) is 1. The third-order valence-corrected chi connectivity index (χ3v) is 3.68. The zero-order valence-electron chi connectivity index (χ0n) is 9.37. The number of ketones is 1. The Bertz CT molecular complexity index is 437. The number of Topliss-reactive ketones (excluding diaryl/α,β-unsaturated/α-hetero) is 1. The zero-order valence-corrected chi connectivity index (χ0v) is 10.9. The molecule has 5 heteroatoms. The van der Waals surface area contributed by atoms with Gasteiger partial charge in [-0.15, -0.1) is 0 Å². The van der Waals surface area contributed by atoms with Gasteiger partial charge in [0.15, 0.2) is 5.78 Å². The van der Waals surface area contributed by atoms with Gasteiger partial charge in [-0.1, -0.05) is 23.2 Å². The van der Waals surface area contributed by atoms with Gasteiger partial charge in [-0.05, 0) is 24.6 Å². The summed E-state index contributed by atoms with van der Waals surface area (Å²) in [6.07, 6.45) is 0.794. The third kappa shape index (κ3) is 2.80. The van der Waals surface area contributed by atoms with E-state index in [0.717, 1.165) is 0 Å². The van der Waals surface area contributed by atoms with Crippen molar-refractivity contribution in [2.24, 2.45) is 0 Å². The highest BCUT2D eigenvalue weighted by atomic mass is 35.5. The number of hydrogen-bond acceptors (Lipinski definition) is 3. The zero-order chi connectivity index (χ0) is 12.4. The van der Waals surface area contributed by atoms with Gasteiger partial charge >= 0.3 is 0 Å². The van der Waals surface area contributed by atoms with Crippen LogP contribution >= 0.6 is 23.2 Å². The molecular weight excluding hydrogens is 261 g/mol. The minimum atomic E-state index is -0.197. The van der Waals surface area contributed by atoms with Crippen molar-refractivity contribution >= 4 is 29.0 Å². The maximum absolute atomic E-state index is 12.2. The van der Waals surface area contributed by atoms with Crippen LogP contribution < -0.4 is 5.32 Å². The molecule has 1 aliphatic rings. The Labute approximate surface area is 110 Å². The second-order valence-corrected chi connectivity index (χ2v) is 4.86. The Hall–Kier alpha value is -0.610. The van der Waals surface area contributed by atoms with Crippen molar-refractivity contribution in [1.82, 2.24) is 5.32 Å². The van der Waals surface area contributed by atoms with Crippen molar-refractivity contribution in [2.45, 2.75) is 18.6 Å². The largest absolute Gasteiger partial charge is 0.380 e. The van der Waals surface area contributed by atoms with E-state index in [1.165, 1.54) is 0 Å². The van der Waals surface area contributed by atoms with E-state index in [2.05, 4.69) is 5.32 Å². The summed E-state index contributed by atoms with van der Waals surface area (Å²) in [7, 11) is 1.65. The predicted molar refractivity (Wildman–Crippen MR) is 68.0 cm³/mol. The van der Waals surface area contributed by atoms with Gasteiger partial charge in [0.05, 0.1) is 22.2 Å². The number of rotatable bonds is 3. The molecule has 0 spiro atoms. The first kappa shape index (κ1) is 12.8. The van der Waals surface area contributed by atoms with Crippen LogP contribution in [0.5, 0.6) is 0 Å². The number of nitrogens with one attached hydrogen (secondary N) is 1. The fourth-order valence-electron chi connectivity index (χ4n) is 1.93. The van der Waals surface area contributed by atoms with Crippen molar-refractivity contribution in [3.63, 3.8) is 0 Å². The van der Waals surface area contributed by atoms with Crippen molar-refractivity contribution in [3.8, 4) is 0 Å². The van der Waals surface area contributed by atoms with Crippen LogP contribution in [0.4, 0.5) is 0 Å². The predicted octanol–water partition coefficient (Wildman–Crippen LogP) is 2.55. The number of carbonyl (C=O) groups is 1. The van der Waals surface area contributed by atoms with Gasteiger partial charge in [-0.25, -0.2) is 0 Å². The monoisotopic (exact) mass is 273 g/mol. The Kier molecular flexibility index (Phi) is 4.05. The van der Waals surface area contributed by atoms with Crippen LogP contribution in [-0.2, 0) is 4.74 Å². The second kappa shape index (κ2) is 5.36. The minimum absolute atomic E-state index is 0.0307. The summed E-state index contributed by atoms with van der Waals surface area (Å²) in [4.78, 5) is 12.2. The number of halogens is 2. The second-order valence-electron chi connectivity index (χ2n) is 4.05. The van der Waals surface area contributed by atoms with Crippen LogP contribution in [0.3, 0.4) is 0 Å². The molecule has 3 nitrogen and oxygen atoms in total. The first-order valence-electron chi connectivity index (χ1n) is 5.37. The fraction of sp³-hybridized carbons (Fsp3) is 0.417. The average molecular weight is 274 g/mol. The molecule has 0 aliphatic carbocycles. The molecule has 1 N–H and O–H groups in total. The van der Waals surface area contributed by atoms with E-state index in [1.54, 1.807) is 25.3 Å². The molecule has 1 aliphatic heterocycles. The molecule has 1 saturated heterocycles. The molecule has 2 atom stereocenters. The molecule has 1 aromatic rings. The van der Waals surface area contributed by atoms with Gasteiger partial charge in [0.2, 0.25) is 0 Å². The first-order chi connectivity index (χ1) is 8.11. The minimum Gasteiger partial charge on any atom is -0.380 e. The molecule has 2 unspecified atom stereocenters. The van der Waals surface area contributed by atoms with Crippen LogP contribution in [0.1, 0.15) is 16.8 Å². The normalized spacial score (nSPS) is 23.9. The maximum Gasteiger partial charge on any atom is 0.179 e. The first-order valence-corrected chi connectivity index (χ1v) is 6.13. The SMILES string of the molecule is COC1CNC(C(=O)c2ccc(Cl)c(Cl)c2)C1. The van der Waals surface area contributed by atoms with E-state index in [4.69, 9.17) is 27.9 Å². The molecule has 0 radical (unpaired) electrons. The highest BCUT2D eigenvalue weighted by Gasteiger charge is 2.29. The summed E-state index contributed by atoms with van der Waals surface area (Å²) in [5, 5.41) is 4.00. The Morgan fingerprint density at radius 2 is 2.18 bits per heavy atom. The van der Waals surface area contributed by atoms with Gasteiger partial charge in [-0.3, -0.25) is 4.79 Å². The molecule has 0 amide bonds. The summed E-state index contributed by atoms with van der Waals surface area (Å²) in [5.74, 6) is 0.0307. The van der Waals surface area contributed by atoms with Crippen molar-refractivity contribution in [2.75, 3.05) is 13.7 Å². The Morgan fingerprint density at radius 3 is 2.76 bits per heavy atom. The third-order valence-electron chi connectivity index (χ3n) is 2.94. The van der Waals surface area contributed by atoms with Crippen LogP contribution in [-0.4, -0.2) is 31.6 Å². The molecule has 0 bridgehead atoms. The van der Waals surface area contributed by atoms with Crippen LogP contribution in [0.25, 0.3) is 0 Å². The standard InChI is InChI=1S/C12H13Cl2NO2/c1-17-8-5-11(15-6-8)12(16)7-2-3-9(13)10(14)4-7/h2-4,8,11,15H,5-6H2,1H3. The number of ether oxygens (including phenoxy) is 1. The van der Waals surface area contributed by atoms with Gasteiger partial charge in [-0.2, -0.15) is 0 Å². The molecular formula is C12H13Cl2NO2. The maximum atomic E-state index is 12.2. The smallest absolute Gasteiger partial charge is 0.179 e. The molecule has 1 fully saturated rings. The molecule has 0 saturated carbocycles. The van der Waals surface area contributed by atoms with Gasteiger partial charge in [0.1, 0.15) is 0 Å². The Morgan fingerprint density at radius 1 is 1.41 bits per heavy atom. The summed E-state index contributed by atoms with van der Waals surface area (Å²) in [6.45, 7) is 0.703. The molecule has 1 aromatic carbocycles. The molecule has 0 aromatic heterocycles. The van der Waals surface area contributed by atoms with E-state index in [0.29, 0.717) is 28.6 Å². The lowest BCUT2D eigenvalue weighted by atomic mass is 10.0. The van der Waals surface area contributed by atoms with E-state index < -0.39 is 0 Å². The van der Waals surface area contributed by atoms with Crippen LogP contribution in [0, 0.1) is 0 Å². The van der Waals surface area contributed by atoms with Crippen LogP contribution in [0.15, 0.2) is 18.2 Å². The van der Waals surface area contributed by atoms with Gasteiger partial charge < -0.3 is 10.1 Å². The molecule has 2 rings (SSSR count). The molecule has 1 heterocycles. The van der Waals surface area contributed by atoms with Gasteiger partial charge in [0.25, 0.3) is 0 Å². The van der Waals surface area contributed by atoms with Gasteiger partial charge in [0, 0.05) is 19.2 Å². The lowest BCUT2D eigenvalue weighted by Crippen LogP contribution is -2.30. The van der Waals surface area contributed by atoms with E-state index >= 15 is 0 Å². The lowest BCUT2D eigenvalue weighted by molar-refractivity contribution is 0.0919. The quantitative estimate of drug-likeness (QED) is 0.861. The van der Waals surface area contributed by atoms with Crippen LogP contribution in [0.2, 0.25) is 10.0 Å². The number of carbonyl (C=O) groups excluding carboxylic acids is 1. The lowest BCUT2D eigenvalue weighted by Gasteiger charge is -2.09. The number of methoxy groups -OCH3 is 1. The molecule has 17 heavy (non-hydrogen) atoms. The van der Waals surface area contributed by atoms with E-state index in [9.17, 15) is 4.79 Å². The highest BCUT2D eigenvalue weighted by Crippen LogP contribution is 2.24. The Balaban J connectivity index is 2.12. The number of benzene rings is 1. The fourth-order valence-corrected chi connectivity index (χ4v) is 2.23. The summed E-state index contributed by atoms with van der Waals surface area (Å²) in [6, 6.07) is 4.74. The van der Waals surface area contributed by atoms with E-state index in [-0.39, 0.29) is 17.9 Å².